The smallest absolute Gasteiger partial charge is 0.266 e. The maximum Gasteiger partial charge on any atom is 0.266 e. The Kier molecular flexibility index (Phi) is 7.40. The van der Waals surface area contributed by atoms with Gasteiger partial charge in [0.05, 0.1) is 12.2 Å². The molecule has 2 amide bonds. The molecule has 0 saturated carbocycles. The number of halogens is 1. The lowest BCUT2D eigenvalue weighted by Crippen LogP contribution is -2.34. The van der Waals surface area contributed by atoms with Crippen LogP contribution in [0, 0.1) is 0 Å². The second-order valence-corrected chi connectivity index (χ2v) is 7.07. The van der Waals surface area contributed by atoms with Gasteiger partial charge in [-0.2, -0.15) is 5.10 Å². The Balaban J connectivity index is 1.49. The normalized spacial score (nSPS) is 10.4. The average Bonchev–Trinajstić information content (AvgIpc) is 2.75. The number of amides is 2. The third-order valence-corrected chi connectivity index (χ3v) is 4.45. The molecule has 1 aromatic heterocycles. The van der Waals surface area contributed by atoms with Crippen molar-refractivity contribution in [2.45, 2.75) is 13.5 Å². The highest BCUT2D eigenvalue weighted by Gasteiger charge is 2.06. The molecule has 0 bridgehead atoms. The van der Waals surface area contributed by atoms with E-state index in [0.29, 0.717) is 22.2 Å². The van der Waals surface area contributed by atoms with Crippen LogP contribution in [0.1, 0.15) is 6.92 Å². The number of carbonyl (C=O) groups excluding carboxylic acids is 2. The van der Waals surface area contributed by atoms with Gasteiger partial charge in [-0.15, -0.1) is 0 Å². The van der Waals surface area contributed by atoms with Crippen molar-refractivity contribution in [1.29, 1.82) is 0 Å². The predicted octanol–water partition coefficient (Wildman–Crippen LogP) is 2.72. The van der Waals surface area contributed by atoms with Crippen LogP contribution < -0.4 is 20.9 Å². The summed E-state index contributed by atoms with van der Waals surface area (Å²) in [7, 11) is 0. The summed E-state index contributed by atoms with van der Waals surface area (Å²) in [6, 6.07) is 16.9. The molecule has 160 valence electrons. The summed E-state index contributed by atoms with van der Waals surface area (Å²) in [4.78, 5) is 35.1. The Hall–Kier alpha value is -3.65. The Morgan fingerprint density at radius 3 is 2.42 bits per heavy atom. The molecule has 0 fully saturated rings. The van der Waals surface area contributed by atoms with Gasteiger partial charge in [0.1, 0.15) is 5.75 Å². The first-order valence-electron chi connectivity index (χ1n) is 9.52. The zero-order valence-corrected chi connectivity index (χ0v) is 17.6. The largest absolute Gasteiger partial charge is 0.484 e. The molecule has 0 saturated heterocycles. The molecule has 0 unspecified atom stereocenters. The van der Waals surface area contributed by atoms with Crippen LogP contribution in [0.3, 0.4) is 0 Å². The summed E-state index contributed by atoms with van der Waals surface area (Å²) in [6.07, 6.45) is 0. The van der Waals surface area contributed by atoms with Crippen molar-refractivity contribution in [2.24, 2.45) is 0 Å². The molecule has 0 radical (unpaired) electrons. The number of aromatic nitrogens is 2. The number of ether oxygens (including phenoxy) is 1. The fourth-order valence-corrected chi connectivity index (χ4v) is 2.85. The van der Waals surface area contributed by atoms with E-state index in [4.69, 9.17) is 16.3 Å². The molecule has 2 N–H and O–H groups in total. The van der Waals surface area contributed by atoms with Gasteiger partial charge in [0, 0.05) is 35.8 Å². The van der Waals surface area contributed by atoms with Gasteiger partial charge < -0.3 is 15.4 Å². The molecule has 3 rings (SSSR count). The molecule has 9 heteroatoms. The summed E-state index contributed by atoms with van der Waals surface area (Å²) in [5.41, 5.74) is 1.85. The van der Waals surface area contributed by atoms with Crippen LogP contribution in [0.25, 0.3) is 11.3 Å². The molecular weight excluding hydrogens is 420 g/mol. The summed E-state index contributed by atoms with van der Waals surface area (Å²) < 4.78 is 6.72. The van der Waals surface area contributed by atoms with Gasteiger partial charge in [0.15, 0.2) is 6.61 Å². The molecule has 31 heavy (non-hydrogen) atoms. The van der Waals surface area contributed by atoms with E-state index in [2.05, 4.69) is 15.7 Å². The van der Waals surface area contributed by atoms with E-state index in [-0.39, 0.29) is 37.1 Å². The Labute approximate surface area is 183 Å². The third kappa shape index (κ3) is 6.68. The fraction of sp³-hybridized carbons (Fsp3) is 0.182. The number of nitrogens with one attached hydrogen (secondary N) is 2. The summed E-state index contributed by atoms with van der Waals surface area (Å²) >= 11 is 5.90. The molecule has 0 aliphatic carbocycles. The first-order valence-corrected chi connectivity index (χ1v) is 9.90. The van der Waals surface area contributed by atoms with Crippen LogP contribution in [-0.2, 0) is 16.1 Å². The van der Waals surface area contributed by atoms with E-state index < -0.39 is 0 Å². The van der Waals surface area contributed by atoms with Gasteiger partial charge in [-0.25, -0.2) is 4.68 Å². The van der Waals surface area contributed by atoms with Gasteiger partial charge in [0.25, 0.3) is 11.5 Å². The quantitative estimate of drug-likeness (QED) is 0.560. The standard InChI is InChI=1S/C22H21ClN4O4/c1-15(28)25-18-6-8-19(9-7-18)31-14-21(29)24-12-13-27-22(30)11-10-20(26-27)16-2-4-17(23)5-3-16/h2-11H,12-14H2,1H3,(H,24,29)(H,25,28). The maximum atomic E-state index is 12.1. The van der Waals surface area contributed by atoms with Crippen LogP contribution in [0.5, 0.6) is 5.75 Å². The van der Waals surface area contributed by atoms with Crippen molar-refractivity contribution in [3.05, 3.63) is 76.0 Å². The van der Waals surface area contributed by atoms with Crippen LogP contribution >= 0.6 is 11.6 Å². The number of benzene rings is 2. The van der Waals surface area contributed by atoms with Gasteiger partial charge >= 0.3 is 0 Å². The molecule has 0 spiro atoms. The number of carbonyl (C=O) groups is 2. The minimum atomic E-state index is -0.326. The lowest BCUT2D eigenvalue weighted by atomic mass is 10.1. The Morgan fingerprint density at radius 1 is 1.03 bits per heavy atom. The highest BCUT2D eigenvalue weighted by Crippen LogP contribution is 2.18. The molecule has 2 aromatic carbocycles. The summed E-state index contributed by atoms with van der Waals surface area (Å²) in [6.45, 7) is 1.69. The van der Waals surface area contributed by atoms with Gasteiger partial charge in [-0.1, -0.05) is 23.7 Å². The second-order valence-electron chi connectivity index (χ2n) is 6.63. The molecular formula is C22H21ClN4O4. The van der Waals surface area contributed by atoms with Crippen LogP contribution in [0.2, 0.25) is 5.02 Å². The molecule has 8 nitrogen and oxygen atoms in total. The van der Waals surface area contributed by atoms with Crippen molar-refractivity contribution < 1.29 is 14.3 Å². The summed E-state index contributed by atoms with van der Waals surface area (Å²) in [5.74, 6) is 0.00555. The number of nitrogens with zero attached hydrogens (tertiary/aromatic N) is 2. The summed E-state index contributed by atoms with van der Waals surface area (Å²) in [5, 5.41) is 10.3. The van der Waals surface area contributed by atoms with Crippen LogP contribution in [0.4, 0.5) is 5.69 Å². The molecule has 0 aliphatic heterocycles. The van der Waals surface area contributed by atoms with Crippen molar-refractivity contribution in [2.75, 3.05) is 18.5 Å². The zero-order valence-electron chi connectivity index (χ0n) is 16.8. The third-order valence-electron chi connectivity index (χ3n) is 4.20. The zero-order chi connectivity index (χ0) is 22.2. The lowest BCUT2D eigenvalue weighted by molar-refractivity contribution is -0.123. The minimum Gasteiger partial charge on any atom is -0.484 e. The van der Waals surface area contributed by atoms with E-state index in [0.717, 1.165) is 5.56 Å². The van der Waals surface area contributed by atoms with E-state index in [9.17, 15) is 14.4 Å². The van der Waals surface area contributed by atoms with E-state index in [1.54, 1.807) is 42.5 Å². The van der Waals surface area contributed by atoms with Gasteiger partial charge in [-0.3, -0.25) is 14.4 Å². The highest BCUT2D eigenvalue weighted by molar-refractivity contribution is 6.30. The van der Waals surface area contributed by atoms with Gasteiger partial charge in [0.2, 0.25) is 5.91 Å². The predicted molar refractivity (Wildman–Crippen MR) is 118 cm³/mol. The number of anilines is 1. The average molecular weight is 441 g/mol. The second kappa shape index (κ2) is 10.4. The monoisotopic (exact) mass is 440 g/mol. The van der Waals surface area contributed by atoms with E-state index in [1.165, 1.54) is 17.7 Å². The first-order chi connectivity index (χ1) is 14.9. The molecule has 1 heterocycles. The Bertz CT molecular complexity index is 1110. The number of rotatable bonds is 8. The van der Waals surface area contributed by atoms with E-state index in [1.807, 2.05) is 12.1 Å². The van der Waals surface area contributed by atoms with Crippen molar-refractivity contribution in [3.8, 4) is 17.0 Å². The van der Waals surface area contributed by atoms with Crippen molar-refractivity contribution in [3.63, 3.8) is 0 Å². The van der Waals surface area contributed by atoms with Crippen molar-refractivity contribution >= 4 is 29.1 Å². The lowest BCUT2D eigenvalue weighted by Gasteiger charge is -2.10. The van der Waals surface area contributed by atoms with Crippen molar-refractivity contribution in [1.82, 2.24) is 15.1 Å². The van der Waals surface area contributed by atoms with Gasteiger partial charge in [-0.05, 0) is 42.5 Å². The van der Waals surface area contributed by atoms with Crippen LogP contribution in [0.15, 0.2) is 65.5 Å². The molecule has 0 aliphatic rings. The maximum absolute atomic E-state index is 12.1. The first kappa shape index (κ1) is 22.0. The molecule has 0 atom stereocenters. The highest BCUT2D eigenvalue weighted by atomic mass is 35.5. The number of hydrogen-bond acceptors (Lipinski definition) is 5. The SMILES string of the molecule is CC(=O)Nc1ccc(OCC(=O)NCCn2nc(-c3ccc(Cl)cc3)ccc2=O)cc1. The minimum absolute atomic E-state index is 0.166. The van der Waals surface area contributed by atoms with E-state index >= 15 is 0 Å². The topological polar surface area (TPSA) is 102 Å². The fourth-order valence-electron chi connectivity index (χ4n) is 2.72. The number of hydrogen-bond donors (Lipinski definition) is 2. The Morgan fingerprint density at radius 2 is 1.74 bits per heavy atom. The van der Waals surface area contributed by atoms with Crippen LogP contribution in [-0.4, -0.2) is 34.7 Å². The molecule has 3 aromatic rings.